The summed E-state index contributed by atoms with van der Waals surface area (Å²) >= 11 is 7.81. The molecule has 140 valence electrons. The molecule has 1 aromatic heterocycles. The summed E-state index contributed by atoms with van der Waals surface area (Å²) in [6, 6.07) is 15.5. The van der Waals surface area contributed by atoms with Crippen LogP contribution in [0.2, 0.25) is 5.02 Å². The molecule has 2 aromatic carbocycles. The first kappa shape index (κ1) is 18.3. The van der Waals surface area contributed by atoms with E-state index in [4.69, 9.17) is 21.3 Å². The van der Waals surface area contributed by atoms with Gasteiger partial charge in [0.2, 0.25) is 5.91 Å². The maximum absolute atomic E-state index is 13.0. The first-order valence-electron chi connectivity index (χ1n) is 8.86. The molecular weight excluding hydrogens is 382 g/mol. The fraction of sp³-hybridized carbons (Fsp3) is 0.300. The van der Waals surface area contributed by atoms with E-state index in [1.54, 1.807) is 12.0 Å². The minimum atomic E-state index is -0.167. The molecule has 1 aliphatic heterocycles. The lowest BCUT2D eigenvalue weighted by Crippen LogP contribution is -2.28. The van der Waals surface area contributed by atoms with Crippen LogP contribution >= 0.6 is 23.4 Å². The highest BCUT2D eigenvalue weighted by Crippen LogP contribution is 2.36. The van der Waals surface area contributed by atoms with Crippen LogP contribution in [-0.4, -0.2) is 41.0 Å². The molecule has 1 atom stereocenters. The van der Waals surface area contributed by atoms with Crippen molar-refractivity contribution in [3.63, 3.8) is 0 Å². The molecule has 4 rings (SSSR count). The largest absolute Gasteiger partial charge is 0.383 e. The number of amides is 1. The highest BCUT2D eigenvalue weighted by molar-refractivity contribution is 8.00. The molecule has 27 heavy (non-hydrogen) atoms. The molecule has 1 saturated heterocycles. The van der Waals surface area contributed by atoms with Gasteiger partial charge in [-0.15, -0.1) is 0 Å². The van der Waals surface area contributed by atoms with Gasteiger partial charge in [-0.25, -0.2) is 4.98 Å². The number of halogens is 1. The molecular formula is C20H20ClN3O2S. The third-order valence-corrected chi connectivity index (χ3v) is 6.25. The molecule has 1 fully saturated rings. The topological polar surface area (TPSA) is 47.4 Å². The molecule has 3 aromatic rings. The molecule has 5 nitrogen and oxygen atoms in total. The summed E-state index contributed by atoms with van der Waals surface area (Å²) < 4.78 is 7.38. The molecule has 0 radical (unpaired) electrons. The van der Waals surface area contributed by atoms with Crippen LogP contribution < -0.4 is 4.90 Å². The molecule has 0 saturated carbocycles. The number of aromatic nitrogens is 2. The SMILES string of the molecule is COCCn1c(SC2CCN(c3ccccc3Cl)C2=O)nc2ccccc21. The number of rotatable bonds is 6. The fourth-order valence-corrected chi connectivity index (χ4v) is 4.75. The molecule has 1 unspecified atom stereocenters. The number of thioether (sulfide) groups is 1. The van der Waals surface area contributed by atoms with Crippen molar-refractivity contribution in [3.8, 4) is 0 Å². The van der Waals surface area contributed by atoms with Crippen molar-refractivity contribution in [2.45, 2.75) is 23.4 Å². The summed E-state index contributed by atoms with van der Waals surface area (Å²) in [7, 11) is 1.69. The Kier molecular flexibility index (Phi) is 5.38. The van der Waals surface area contributed by atoms with E-state index in [-0.39, 0.29) is 11.2 Å². The van der Waals surface area contributed by atoms with Gasteiger partial charge in [-0.1, -0.05) is 47.6 Å². The van der Waals surface area contributed by atoms with Gasteiger partial charge in [-0.3, -0.25) is 4.79 Å². The van der Waals surface area contributed by atoms with Crippen LogP contribution in [0.4, 0.5) is 5.69 Å². The average Bonchev–Trinajstić information content (AvgIpc) is 3.21. The summed E-state index contributed by atoms with van der Waals surface area (Å²) in [5.74, 6) is 0.0819. The van der Waals surface area contributed by atoms with E-state index in [1.165, 1.54) is 11.8 Å². The van der Waals surface area contributed by atoms with Crippen molar-refractivity contribution in [2.75, 3.05) is 25.2 Å². The summed E-state index contributed by atoms with van der Waals surface area (Å²) in [5, 5.41) is 1.29. The third kappa shape index (κ3) is 3.57. The smallest absolute Gasteiger partial charge is 0.240 e. The van der Waals surface area contributed by atoms with Crippen molar-refractivity contribution in [1.82, 2.24) is 9.55 Å². The molecule has 2 heterocycles. The van der Waals surface area contributed by atoms with Crippen LogP contribution in [0.5, 0.6) is 0 Å². The molecule has 1 aliphatic rings. The number of ether oxygens (including phenoxy) is 1. The van der Waals surface area contributed by atoms with Gasteiger partial charge in [0.05, 0.1) is 33.6 Å². The summed E-state index contributed by atoms with van der Waals surface area (Å²) in [6.07, 6.45) is 0.766. The first-order valence-corrected chi connectivity index (χ1v) is 10.1. The minimum absolute atomic E-state index is 0.0819. The monoisotopic (exact) mass is 401 g/mol. The third-order valence-electron chi connectivity index (χ3n) is 4.69. The van der Waals surface area contributed by atoms with Crippen LogP contribution in [0.25, 0.3) is 11.0 Å². The Morgan fingerprint density at radius 3 is 2.81 bits per heavy atom. The minimum Gasteiger partial charge on any atom is -0.383 e. The number of hydrogen-bond acceptors (Lipinski definition) is 4. The van der Waals surface area contributed by atoms with Crippen LogP contribution in [0.15, 0.2) is 53.7 Å². The Balaban J connectivity index is 1.59. The molecule has 7 heteroatoms. The lowest BCUT2D eigenvalue weighted by molar-refractivity contribution is -0.116. The predicted octanol–water partition coefficient (Wildman–Crippen LogP) is 4.23. The first-order chi connectivity index (χ1) is 13.2. The zero-order valence-electron chi connectivity index (χ0n) is 15.0. The second-order valence-electron chi connectivity index (χ2n) is 6.36. The van der Waals surface area contributed by atoms with Crippen LogP contribution in [-0.2, 0) is 16.1 Å². The van der Waals surface area contributed by atoms with E-state index < -0.39 is 0 Å². The Bertz CT molecular complexity index is 975. The van der Waals surface area contributed by atoms with Gasteiger partial charge in [0.25, 0.3) is 0 Å². The van der Waals surface area contributed by atoms with Gasteiger partial charge in [-0.05, 0) is 30.7 Å². The Morgan fingerprint density at radius 2 is 2.00 bits per heavy atom. The molecule has 0 spiro atoms. The maximum atomic E-state index is 13.0. The van der Waals surface area contributed by atoms with Crippen molar-refractivity contribution in [3.05, 3.63) is 53.6 Å². The number of fused-ring (bicyclic) bond motifs is 1. The fourth-order valence-electron chi connectivity index (χ4n) is 3.34. The van der Waals surface area contributed by atoms with Gasteiger partial charge in [-0.2, -0.15) is 0 Å². The number of anilines is 1. The highest BCUT2D eigenvalue weighted by atomic mass is 35.5. The van der Waals surface area contributed by atoms with Gasteiger partial charge < -0.3 is 14.2 Å². The lowest BCUT2D eigenvalue weighted by Gasteiger charge is -2.18. The van der Waals surface area contributed by atoms with E-state index in [0.717, 1.165) is 28.3 Å². The van der Waals surface area contributed by atoms with Crippen molar-refractivity contribution >= 4 is 46.0 Å². The Labute approximate surface area is 167 Å². The van der Waals surface area contributed by atoms with Crippen LogP contribution in [0.1, 0.15) is 6.42 Å². The number of nitrogens with zero attached hydrogens (tertiary/aromatic N) is 3. The van der Waals surface area contributed by atoms with E-state index >= 15 is 0 Å². The number of hydrogen-bond donors (Lipinski definition) is 0. The van der Waals surface area contributed by atoms with Gasteiger partial charge in [0, 0.05) is 20.2 Å². The number of carbonyl (C=O) groups is 1. The van der Waals surface area contributed by atoms with Crippen LogP contribution in [0.3, 0.4) is 0 Å². The standard InChI is InChI=1S/C20H20ClN3O2S/c1-26-13-12-24-17-9-5-3-7-15(17)22-20(24)27-18-10-11-23(19(18)25)16-8-4-2-6-14(16)21/h2-9,18H,10-13H2,1H3. The zero-order chi connectivity index (χ0) is 18.8. The lowest BCUT2D eigenvalue weighted by atomic mass is 10.3. The quantitative estimate of drug-likeness (QED) is 0.620. The average molecular weight is 402 g/mol. The number of imidazole rings is 1. The summed E-state index contributed by atoms with van der Waals surface area (Å²) in [6.45, 7) is 1.96. The van der Waals surface area contributed by atoms with E-state index in [0.29, 0.717) is 24.7 Å². The van der Waals surface area contributed by atoms with Gasteiger partial charge >= 0.3 is 0 Å². The number of benzene rings is 2. The van der Waals surface area contributed by atoms with E-state index in [2.05, 4.69) is 10.6 Å². The Morgan fingerprint density at radius 1 is 1.22 bits per heavy atom. The van der Waals surface area contributed by atoms with Gasteiger partial charge in [0.15, 0.2) is 5.16 Å². The maximum Gasteiger partial charge on any atom is 0.240 e. The van der Waals surface area contributed by atoms with Crippen molar-refractivity contribution in [1.29, 1.82) is 0 Å². The molecule has 0 aliphatic carbocycles. The summed E-state index contributed by atoms with van der Waals surface area (Å²) in [5.41, 5.74) is 2.77. The van der Waals surface area contributed by atoms with E-state index in [1.807, 2.05) is 42.5 Å². The summed E-state index contributed by atoms with van der Waals surface area (Å²) in [4.78, 5) is 19.5. The second kappa shape index (κ2) is 7.92. The number of para-hydroxylation sites is 3. The second-order valence-corrected chi connectivity index (χ2v) is 7.94. The molecule has 0 N–H and O–H groups in total. The van der Waals surface area contributed by atoms with Crippen LogP contribution in [0, 0.1) is 0 Å². The highest BCUT2D eigenvalue weighted by Gasteiger charge is 2.35. The van der Waals surface area contributed by atoms with Gasteiger partial charge in [0.1, 0.15) is 0 Å². The number of methoxy groups -OCH3 is 1. The number of carbonyl (C=O) groups excluding carboxylic acids is 1. The van der Waals surface area contributed by atoms with Crippen molar-refractivity contribution in [2.24, 2.45) is 0 Å². The normalized spacial score (nSPS) is 17.2. The molecule has 0 bridgehead atoms. The zero-order valence-corrected chi connectivity index (χ0v) is 16.5. The predicted molar refractivity (Wildman–Crippen MR) is 110 cm³/mol. The van der Waals surface area contributed by atoms with Crippen molar-refractivity contribution < 1.29 is 9.53 Å². The Hall–Kier alpha value is -2.02. The van der Waals surface area contributed by atoms with E-state index in [9.17, 15) is 4.79 Å². The molecule has 1 amide bonds.